The molecule has 0 fully saturated rings. The molecule has 4 nitrogen and oxygen atoms in total. The van der Waals surface area contributed by atoms with E-state index in [2.05, 4.69) is 24.1 Å². The van der Waals surface area contributed by atoms with Gasteiger partial charge in [0.1, 0.15) is 12.4 Å². The third kappa shape index (κ3) is 4.81. The molecule has 0 aliphatic rings. The molecular formula is C19H24N2O2. The zero-order chi connectivity index (χ0) is 16.8. The van der Waals surface area contributed by atoms with Crippen molar-refractivity contribution < 1.29 is 9.53 Å². The molecule has 2 rings (SSSR count). The fraction of sp³-hybridized carbons (Fsp3) is 0.368. The molecule has 0 saturated heterocycles. The molecule has 0 unspecified atom stereocenters. The zero-order valence-corrected chi connectivity index (χ0v) is 14.2. The minimum absolute atomic E-state index is 0.0382. The summed E-state index contributed by atoms with van der Waals surface area (Å²) in [5.41, 5.74) is 3.62. The maximum absolute atomic E-state index is 12.2. The number of rotatable bonds is 6. The van der Waals surface area contributed by atoms with E-state index in [-0.39, 0.29) is 5.91 Å². The number of carbonyl (C=O) groups excluding carboxylic acids is 1. The Bertz CT molecular complexity index is 643. The van der Waals surface area contributed by atoms with Crippen molar-refractivity contribution in [3.05, 3.63) is 58.9 Å². The Kier molecular flexibility index (Phi) is 5.74. The average Bonchev–Trinajstić information content (AvgIpc) is 2.52. The van der Waals surface area contributed by atoms with Crippen LogP contribution in [0.1, 0.15) is 40.9 Å². The van der Waals surface area contributed by atoms with Crippen LogP contribution in [0.4, 0.5) is 0 Å². The summed E-state index contributed by atoms with van der Waals surface area (Å²) >= 11 is 0. The van der Waals surface area contributed by atoms with Gasteiger partial charge in [-0.15, -0.1) is 0 Å². The van der Waals surface area contributed by atoms with Crippen molar-refractivity contribution >= 4 is 5.91 Å². The molecule has 0 bridgehead atoms. The van der Waals surface area contributed by atoms with E-state index in [1.807, 2.05) is 38.1 Å². The largest absolute Gasteiger partial charge is 0.488 e. The number of hydrogen-bond donors (Lipinski definition) is 1. The van der Waals surface area contributed by atoms with E-state index in [9.17, 15) is 4.79 Å². The normalized spacial score (nSPS) is 10.7. The Morgan fingerprint density at radius 3 is 2.52 bits per heavy atom. The molecule has 1 aromatic heterocycles. The van der Waals surface area contributed by atoms with Crippen molar-refractivity contribution in [2.24, 2.45) is 5.92 Å². The highest BCUT2D eigenvalue weighted by Crippen LogP contribution is 2.25. The molecular weight excluding hydrogens is 288 g/mol. The van der Waals surface area contributed by atoms with Gasteiger partial charge in [-0.25, -0.2) is 0 Å². The Labute approximate surface area is 137 Å². The lowest BCUT2D eigenvalue weighted by Crippen LogP contribution is -2.27. The van der Waals surface area contributed by atoms with E-state index in [0.717, 1.165) is 22.4 Å². The van der Waals surface area contributed by atoms with Crippen LogP contribution < -0.4 is 10.1 Å². The molecule has 0 atom stereocenters. The number of ether oxygens (including phenoxy) is 1. The summed E-state index contributed by atoms with van der Waals surface area (Å²) in [6.45, 7) is 9.22. The number of aromatic nitrogens is 1. The number of carbonyl (C=O) groups is 1. The first-order valence-corrected chi connectivity index (χ1v) is 7.88. The minimum Gasteiger partial charge on any atom is -0.488 e. The van der Waals surface area contributed by atoms with Crippen LogP contribution in [0.15, 0.2) is 36.7 Å². The van der Waals surface area contributed by atoms with E-state index < -0.39 is 0 Å². The van der Waals surface area contributed by atoms with Crippen molar-refractivity contribution in [2.45, 2.75) is 34.3 Å². The summed E-state index contributed by atoms with van der Waals surface area (Å²) in [5.74, 6) is 1.22. The van der Waals surface area contributed by atoms with Gasteiger partial charge in [0.05, 0.1) is 0 Å². The highest BCUT2D eigenvalue weighted by molar-refractivity contribution is 5.94. The number of amides is 1. The molecule has 23 heavy (non-hydrogen) atoms. The highest BCUT2D eigenvalue weighted by Gasteiger charge is 2.12. The smallest absolute Gasteiger partial charge is 0.251 e. The van der Waals surface area contributed by atoms with Gasteiger partial charge in [-0.05, 0) is 49.1 Å². The Balaban J connectivity index is 2.09. The highest BCUT2D eigenvalue weighted by atomic mass is 16.5. The molecule has 1 heterocycles. The molecule has 0 aliphatic heterocycles. The summed E-state index contributed by atoms with van der Waals surface area (Å²) < 4.78 is 5.91. The van der Waals surface area contributed by atoms with Crippen LogP contribution in [0.5, 0.6) is 5.75 Å². The van der Waals surface area contributed by atoms with Gasteiger partial charge >= 0.3 is 0 Å². The van der Waals surface area contributed by atoms with Crippen molar-refractivity contribution in [3.8, 4) is 5.75 Å². The van der Waals surface area contributed by atoms with Gasteiger partial charge in [-0.2, -0.15) is 0 Å². The molecule has 0 saturated carbocycles. The second-order valence-corrected chi connectivity index (χ2v) is 6.19. The van der Waals surface area contributed by atoms with Crippen molar-refractivity contribution in [1.29, 1.82) is 0 Å². The van der Waals surface area contributed by atoms with Gasteiger partial charge in [0, 0.05) is 30.1 Å². The summed E-state index contributed by atoms with van der Waals surface area (Å²) in [6.07, 6.45) is 3.53. The maximum Gasteiger partial charge on any atom is 0.251 e. The third-order valence-corrected chi connectivity index (χ3v) is 3.50. The molecule has 122 valence electrons. The predicted octanol–water partition coefficient (Wildman–Crippen LogP) is 3.66. The molecule has 2 aromatic rings. The monoisotopic (exact) mass is 312 g/mol. The number of aryl methyl sites for hydroxylation is 2. The number of nitrogens with zero attached hydrogens (tertiary/aromatic N) is 1. The van der Waals surface area contributed by atoms with Crippen LogP contribution in [0, 0.1) is 19.8 Å². The summed E-state index contributed by atoms with van der Waals surface area (Å²) in [4.78, 5) is 16.3. The minimum atomic E-state index is -0.0382. The van der Waals surface area contributed by atoms with Gasteiger partial charge in [-0.3, -0.25) is 9.78 Å². The van der Waals surface area contributed by atoms with Crippen molar-refractivity contribution in [3.63, 3.8) is 0 Å². The first kappa shape index (κ1) is 17.0. The van der Waals surface area contributed by atoms with Crippen LogP contribution in [0.2, 0.25) is 0 Å². The zero-order valence-electron chi connectivity index (χ0n) is 14.2. The first-order valence-electron chi connectivity index (χ1n) is 7.88. The van der Waals surface area contributed by atoms with E-state index in [1.165, 1.54) is 0 Å². The predicted molar refractivity (Wildman–Crippen MR) is 91.7 cm³/mol. The molecule has 0 aliphatic carbocycles. The van der Waals surface area contributed by atoms with Crippen LogP contribution in [0.25, 0.3) is 0 Å². The number of pyridine rings is 1. The fourth-order valence-corrected chi connectivity index (χ4v) is 2.35. The fourth-order valence-electron chi connectivity index (χ4n) is 2.35. The molecule has 0 radical (unpaired) electrons. The quantitative estimate of drug-likeness (QED) is 0.885. The Morgan fingerprint density at radius 2 is 1.96 bits per heavy atom. The van der Waals surface area contributed by atoms with Gasteiger partial charge in [0.2, 0.25) is 0 Å². The van der Waals surface area contributed by atoms with E-state index >= 15 is 0 Å². The standard InChI is InChI=1S/C19H24N2O2/c1-13(2)10-21-19(22)17-8-14(3)18(15(4)9-17)23-12-16-6-5-7-20-11-16/h5-9,11,13H,10,12H2,1-4H3,(H,21,22). The second kappa shape index (κ2) is 7.77. The topological polar surface area (TPSA) is 51.2 Å². The molecule has 1 N–H and O–H groups in total. The summed E-state index contributed by atoms with van der Waals surface area (Å²) in [7, 11) is 0. The van der Waals surface area contributed by atoms with E-state index in [0.29, 0.717) is 24.6 Å². The number of benzene rings is 1. The van der Waals surface area contributed by atoms with Crippen LogP contribution in [0.3, 0.4) is 0 Å². The number of hydrogen-bond acceptors (Lipinski definition) is 3. The van der Waals surface area contributed by atoms with Gasteiger partial charge in [-0.1, -0.05) is 19.9 Å². The average molecular weight is 312 g/mol. The molecule has 4 heteroatoms. The lowest BCUT2D eigenvalue weighted by Gasteiger charge is -2.14. The van der Waals surface area contributed by atoms with E-state index in [1.54, 1.807) is 12.4 Å². The van der Waals surface area contributed by atoms with Crippen LogP contribution >= 0.6 is 0 Å². The molecule has 1 amide bonds. The first-order chi connectivity index (χ1) is 11.0. The third-order valence-electron chi connectivity index (χ3n) is 3.50. The van der Waals surface area contributed by atoms with Gasteiger partial charge in [0.15, 0.2) is 0 Å². The van der Waals surface area contributed by atoms with Crippen LogP contribution in [-0.2, 0) is 6.61 Å². The Hall–Kier alpha value is -2.36. The van der Waals surface area contributed by atoms with E-state index in [4.69, 9.17) is 4.74 Å². The maximum atomic E-state index is 12.2. The van der Waals surface area contributed by atoms with Crippen molar-refractivity contribution in [1.82, 2.24) is 10.3 Å². The lowest BCUT2D eigenvalue weighted by atomic mass is 10.0. The summed E-state index contributed by atoms with van der Waals surface area (Å²) in [5, 5.41) is 2.94. The number of nitrogens with one attached hydrogen (secondary N) is 1. The van der Waals surface area contributed by atoms with Crippen LogP contribution in [-0.4, -0.2) is 17.4 Å². The van der Waals surface area contributed by atoms with Crippen molar-refractivity contribution in [2.75, 3.05) is 6.54 Å². The van der Waals surface area contributed by atoms with Gasteiger partial charge < -0.3 is 10.1 Å². The SMILES string of the molecule is Cc1cc(C(=O)NCC(C)C)cc(C)c1OCc1cccnc1. The molecule has 0 spiro atoms. The second-order valence-electron chi connectivity index (χ2n) is 6.19. The van der Waals surface area contributed by atoms with Gasteiger partial charge in [0.25, 0.3) is 5.91 Å². The lowest BCUT2D eigenvalue weighted by molar-refractivity contribution is 0.0948. The summed E-state index contributed by atoms with van der Waals surface area (Å²) in [6, 6.07) is 7.62. The molecule has 1 aromatic carbocycles. The Morgan fingerprint density at radius 1 is 1.26 bits per heavy atom.